The molecule has 5 rings (SSSR count). The number of furan rings is 1. The highest BCUT2D eigenvalue weighted by Crippen LogP contribution is 2.42. The van der Waals surface area contributed by atoms with E-state index in [0.29, 0.717) is 34.1 Å². The molecule has 8 nitrogen and oxygen atoms in total. The highest BCUT2D eigenvalue weighted by molar-refractivity contribution is 9.10. The van der Waals surface area contributed by atoms with Gasteiger partial charge in [-0.1, -0.05) is 31.2 Å². The number of anilines is 1. The maximum Gasteiger partial charge on any atom is 0.516 e. The zero-order chi connectivity index (χ0) is 30.9. The Balaban J connectivity index is 1.50. The highest BCUT2D eigenvalue weighted by atomic mass is 79.9. The molecule has 5 aromatic rings. The molecule has 3 aromatic heterocycles. The molecule has 2 N–H and O–H groups in total. The third-order valence-corrected chi connectivity index (χ3v) is 9.34. The Morgan fingerprint density at radius 2 is 1.95 bits per heavy atom. The van der Waals surface area contributed by atoms with Crippen LogP contribution in [0.2, 0.25) is 0 Å². The van der Waals surface area contributed by atoms with Crippen LogP contribution in [0.4, 0.5) is 18.9 Å². The third kappa shape index (κ3) is 6.40. The number of thiophene rings is 1. The first-order valence-electron chi connectivity index (χ1n) is 12.8. The number of aliphatic carboxylic acids is 1. The van der Waals surface area contributed by atoms with Gasteiger partial charge in [0.1, 0.15) is 11.4 Å². The topological polar surface area (TPSA) is 114 Å². The van der Waals surface area contributed by atoms with Gasteiger partial charge < -0.3 is 14.1 Å². The van der Waals surface area contributed by atoms with Crippen LogP contribution in [0, 0.1) is 0 Å². The van der Waals surface area contributed by atoms with Crippen molar-refractivity contribution in [1.82, 2.24) is 9.55 Å². The first kappa shape index (κ1) is 30.6. The van der Waals surface area contributed by atoms with E-state index in [4.69, 9.17) is 4.42 Å². The number of carbonyl (C=O) groups is 1. The van der Waals surface area contributed by atoms with Gasteiger partial charge in [0.25, 0.3) is 0 Å². The first-order chi connectivity index (χ1) is 20.4. The molecule has 0 saturated carbocycles. The molecule has 0 fully saturated rings. The molecule has 224 valence electrons. The lowest BCUT2D eigenvalue weighted by atomic mass is 10.1. The second-order valence-electron chi connectivity index (χ2n) is 9.44. The molecular formula is C29H23BrF3N3O5S2. The fraction of sp³-hybridized carbons (Fsp3) is 0.172. The van der Waals surface area contributed by atoms with Crippen LogP contribution in [0.3, 0.4) is 0 Å². The third-order valence-electron chi connectivity index (χ3n) is 6.58. The largest absolute Gasteiger partial charge is 0.516 e. The molecule has 43 heavy (non-hydrogen) atoms. The van der Waals surface area contributed by atoms with Crippen molar-refractivity contribution in [2.75, 3.05) is 4.72 Å². The number of hydrogen-bond acceptors (Lipinski definition) is 6. The van der Waals surface area contributed by atoms with E-state index in [1.807, 2.05) is 41.1 Å². The first-order valence-corrected chi connectivity index (χ1v) is 15.9. The molecule has 0 spiro atoms. The van der Waals surface area contributed by atoms with Crippen molar-refractivity contribution in [3.8, 4) is 11.3 Å². The lowest BCUT2D eigenvalue weighted by molar-refractivity contribution is -0.132. The maximum atomic E-state index is 13.1. The van der Waals surface area contributed by atoms with Crippen LogP contribution in [0.1, 0.15) is 28.9 Å². The fourth-order valence-corrected chi connectivity index (χ4v) is 6.43. The maximum absolute atomic E-state index is 13.1. The second-order valence-corrected chi connectivity index (χ2v) is 12.9. The number of halogens is 4. The number of fused-ring (bicyclic) bond motifs is 1. The molecule has 0 radical (unpaired) electrons. The fourth-order valence-electron chi connectivity index (χ4n) is 4.52. The Kier molecular flexibility index (Phi) is 8.54. The zero-order valence-electron chi connectivity index (χ0n) is 22.4. The van der Waals surface area contributed by atoms with Crippen LogP contribution < -0.4 is 4.72 Å². The van der Waals surface area contributed by atoms with Gasteiger partial charge in [-0.3, -0.25) is 4.72 Å². The summed E-state index contributed by atoms with van der Waals surface area (Å²) in [7, 11) is -5.66. The minimum atomic E-state index is -5.66. The van der Waals surface area contributed by atoms with Gasteiger partial charge in [-0.05, 0) is 63.3 Å². The number of aryl methyl sites for hydroxylation is 1. The van der Waals surface area contributed by atoms with E-state index in [2.05, 4.69) is 20.9 Å². The van der Waals surface area contributed by atoms with Crippen molar-refractivity contribution in [2.45, 2.75) is 31.8 Å². The number of benzene rings is 2. The van der Waals surface area contributed by atoms with Crippen LogP contribution in [0.5, 0.6) is 0 Å². The smallest absolute Gasteiger partial charge is 0.478 e. The number of sulfonamides is 1. The zero-order valence-corrected chi connectivity index (χ0v) is 25.6. The molecule has 0 aliphatic heterocycles. The van der Waals surface area contributed by atoms with E-state index < -0.39 is 21.5 Å². The van der Waals surface area contributed by atoms with Crippen LogP contribution >= 0.6 is 27.3 Å². The Morgan fingerprint density at radius 3 is 2.63 bits per heavy atom. The van der Waals surface area contributed by atoms with E-state index >= 15 is 0 Å². The van der Waals surface area contributed by atoms with Gasteiger partial charge in [0.2, 0.25) is 0 Å². The average Bonchev–Trinajstić information content (AvgIpc) is 3.68. The van der Waals surface area contributed by atoms with E-state index in [-0.39, 0.29) is 29.0 Å². The van der Waals surface area contributed by atoms with Gasteiger partial charge in [0.05, 0.1) is 22.1 Å². The van der Waals surface area contributed by atoms with Gasteiger partial charge in [-0.15, -0.1) is 11.3 Å². The van der Waals surface area contributed by atoms with Crippen LogP contribution in [-0.2, 0) is 34.2 Å². The normalized spacial score (nSPS) is 12.6. The molecule has 3 heterocycles. The van der Waals surface area contributed by atoms with E-state index in [0.717, 1.165) is 16.3 Å². The summed E-state index contributed by atoms with van der Waals surface area (Å²) in [4.78, 5) is 17.4. The quantitative estimate of drug-likeness (QED) is 0.145. The van der Waals surface area contributed by atoms with Crippen molar-refractivity contribution in [3.05, 3.63) is 98.2 Å². The Labute approximate surface area is 256 Å². The predicted molar refractivity (Wildman–Crippen MR) is 162 cm³/mol. The molecule has 2 aromatic carbocycles. The van der Waals surface area contributed by atoms with Crippen LogP contribution in [-0.4, -0.2) is 34.6 Å². The Hall–Kier alpha value is -3.88. The van der Waals surface area contributed by atoms with Gasteiger partial charge in [0, 0.05) is 40.8 Å². The molecule has 0 atom stereocenters. The number of carboxylic acid groups (broad SMARTS) is 1. The minimum absolute atomic E-state index is 0.113. The van der Waals surface area contributed by atoms with Gasteiger partial charge in [-0.25, -0.2) is 9.78 Å². The summed E-state index contributed by atoms with van der Waals surface area (Å²) in [5.74, 6) is -0.119. The summed E-state index contributed by atoms with van der Waals surface area (Å²) in [6, 6.07) is 14.7. The number of nitrogens with zero attached hydrogens (tertiary/aromatic N) is 2. The number of hydrogen-bond donors (Lipinski definition) is 2. The summed E-state index contributed by atoms with van der Waals surface area (Å²) in [5, 5.41) is 12.3. The SMILES string of the molecule is CCc1ncc(/C=C(\Cc2cccs2)C(=O)O)n1Cc1ccc2oc(-c3ccccc3NS(=O)(=O)C(F)(F)F)c(Br)c2c1. The lowest BCUT2D eigenvalue weighted by Gasteiger charge is -2.13. The number of rotatable bonds is 10. The minimum Gasteiger partial charge on any atom is -0.478 e. The van der Waals surface area contributed by atoms with Crippen molar-refractivity contribution >= 4 is 66.0 Å². The molecular weight excluding hydrogens is 671 g/mol. The van der Waals surface area contributed by atoms with Crippen LogP contribution in [0.25, 0.3) is 28.4 Å². The standard InChI is InChI=1S/C29H23BrF3N3O5S2/c1-2-25-34-15-19(13-18(28(37)38)14-20-6-5-11-42-20)36(25)16-17-9-10-24-22(12-17)26(30)27(41-24)21-7-3-4-8-23(21)35-43(39,40)29(31,32)33/h3-13,15,35H,2,14,16H2,1H3,(H,37,38)/b18-13+. The van der Waals surface area contributed by atoms with Gasteiger partial charge in [0.15, 0.2) is 5.76 Å². The summed E-state index contributed by atoms with van der Waals surface area (Å²) in [6.45, 7) is 2.30. The summed E-state index contributed by atoms with van der Waals surface area (Å²) >= 11 is 4.97. The molecule has 0 saturated heterocycles. The van der Waals surface area contributed by atoms with Gasteiger partial charge >= 0.3 is 21.5 Å². The molecule has 0 unspecified atom stereocenters. The molecule has 0 amide bonds. The summed E-state index contributed by atoms with van der Waals surface area (Å²) in [5.41, 5.74) is -3.57. The second kappa shape index (κ2) is 12.0. The number of imidazole rings is 1. The van der Waals surface area contributed by atoms with E-state index in [9.17, 15) is 31.5 Å². The number of carboxylic acids is 1. The number of para-hydroxylation sites is 1. The summed E-state index contributed by atoms with van der Waals surface area (Å²) < 4.78 is 72.7. The van der Waals surface area contributed by atoms with Crippen molar-refractivity contribution in [1.29, 1.82) is 0 Å². The lowest BCUT2D eigenvalue weighted by Crippen LogP contribution is -2.30. The molecule has 14 heteroatoms. The van der Waals surface area contributed by atoms with E-state index in [1.54, 1.807) is 29.1 Å². The molecule has 0 bridgehead atoms. The number of aromatic nitrogens is 2. The van der Waals surface area contributed by atoms with Crippen molar-refractivity contribution in [3.63, 3.8) is 0 Å². The molecule has 0 aliphatic rings. The summed E-state index contributed by atoms with van der Waals surface area (Å²) in [6.07, 6.45) is 4.14. The monoisotopic (exact) mass is 693 g/mol. The number of nitrogens with one attached hydrogen (secondary N) is 1. The Bertz CT molecular complexity index is 1950. The number of alkyl halides is 3. The van der Waals surface area contributed by atoms with E-state index in [1.165, 1.54) is 29.5 Å². The predicted octanol–water partition coefficient (Wildman–Crippen LogP) is 7.70. The van der Waals surface area contributed by atoms with Gasteiger partial charge in [-0.2, -0.15) is 21.6 Å². The average molecular weight is 695 g/mol. The van der Waals surface area contributed by atoms with Crippen molar-refractivity contribution in [2.24, 2.45) is 0 Å². The Morgan fingerprint density at radius 1 is 1.19 bits per heavy atom. The highest BCUT2D eigenvalue weighted by Gasteiger charge is 2.46. The van der Waals surface area contributed by atoms with Crippen molar-refractivity contribution < 1.29 is 35.9 Å². The molecule has 0 aliphatic carbocycles. The van der Waals surface area contributed by atoms with Crippen LogP contribution in [0.15, 0.2) is 80.6 Å².